The Balaban J connectivity index is 2.22. The monoisotopic (exact) mass is 306 g/mol. The molecule has 2 N–H and O–H groups in total. The molecule has 2 aromatic carbocycles. The molecule has 0 unspecified atom stereocenters. The number of aromatic hydroxyl groups is 1. The van der Waals surface area contributed by atoms with Gasteiger partial charge in [-0.3, -0.25) is 0 Å². The van der Waals surface area contributed by atoms with Crippen LogP contribution in [-0.4, -0.2) is 26.3 Å². The molecule has 21 heavy (non-hydrogen) atoms. The van der Waals surface area contributed by atoms with Crippen molar-refractivity contribution >= 4 is 23.0 Å². The lowest BCUT2D eigenvalue weighted by atomic mass is 10.1. The van der Waals surface area contributed by atoms with E-state index in [1.165, 1.54) is 7.11 Å². The number of ether oxygens (including phenoxy) is 1. The van der Waals surface area contributed by atoms with Crippen molar-refractivity contribution in [2.75, 3.05) is 31.4 Å². The molecule has 112 valence electrons. The average Bonchev–Trinajstić information content (AvgIpc) is 2.46. The fourth-order valence-corrected chi connectivity index (χ4v) is 2.28. The van der Waals surface area contributed by atoms with E-state index >= 15 is 0 Å². The summed E-state index contributed by atoms with van der Waals surface area (Å²) in [6, 6.07) is 11.1. The molecule has 0 saturated carbocycles. The first-order valence-corrected chi connectivity index (χ1v) is 6.96. The van der Waals surface area contributed by atoms with Crippen molar-refractivity contribution in [2.24, 2.45) is 0 Å². The second-order valence-electron chi connectivity index (χ2n) is 4.88. The van der Waals surface area contributed by atoms with Crippen LogP contribution in [0.3, 0.4) is 0 Å². The van der Waals surface area contributed by atoms with E-state index in [2.05, 4.69) is 5.32 Å². The highest BCUT2D eigenvalue weighted by Crippen LogP contribution is 2.32. The summed E-state index contributed by atoms with van der Waals surface area (Å²) in [6.45, 7) is 0.476. The summed E-state index contributed by atoms with van der Waals surface area (Å²) in [6.07, 6.45) is 0. The highest BCUT2D eigenvalue weighted by Gasteiger charge is 2.09. The number of halogens is 1. The van der Waals surface area contributed by atoms with Gasteiger partial charge in [-0.15, -0.1) is 0 Å². The van der Waals surface area contributed by atoms with E-state index in [4.69, 9.17) is 16.3 Å². The van der Waals surface area contributed by atoms with Crippen molar-refractivity contribution in [3.05, 3.63) is 47.0 Å². The van der Waals surface area contributed by atoms with Crippen LogP contribution in [0.15, 0.2) is 36.4 Å². The Kier molecular flexibility index (Phi) is 4.81. The number of phenols is 1. The Morgan fingerprint density at radius 1 is 1.24 bits per heavy atom. The third-order valence-corrected chi connectivity index (χ3v) is 3.45. The lowest BCUT2D eigenvalue weighted by Crippen LogP contribution is -2.12. The van der Waals surface area contributed by atoms with Crippen LogP contribution < -0.4 is 15.0 Å². The highest BCUT2D eigenvalue weighted by atomic mass is 35.5. The second kappa shape index (κ2) is 6.59. The largest absolute Gasteiger partial charge is 0.504 e. The number of nitrogens with zero attached hydrogens (tertiary/aromatic N) is 1. The number of nitrogens with one attached hydrogen (secondary N) is 1. The molecule has 0 atom stereocenters. The van der Waals surface area contributed by atoms with Gasteiger partial charge in [-0.2, -0.15) is 0 Å². The first kappa shape index (κ1) is 15.3. The minimum atomic E-state index is 0.154. The van der Waals surface area contributed by atoms with Gasteiger partial charge in [0.15, 0.2) is 11.5 Å². The molecule has 0 aliphatic carbocycles. The molecule has 0 fully saturated rings. The maximum atomic E-state index is 10.1. The van der Waals surface area contributed by atoms with E-state index in [0.717, 1.165) is 16.9 Å². The Morgan fingerprint density at radius 2 is 2.00 bits per heavy atom. The number of benzene rings is 2. The summed E-state index contributed by atoms with van der Waals surface area (Å²) in [5.74, 6) is 0.620. The molecule has 0 amide bonds. The van der Waals surface area contributed by atoms with Crippen LogP contribution in [0.1, 0.15) is 5.56 Å². The van der Waals surface area contributed by atoms with Gasteiger partial charge in [0.25, 0.3) is 0 Å². The van der Waals surface area contributed by atoms with Crippen LogP contribution >= 0.6 is 11.6 Å². The topological polar surface area (TPSA) is 44.7 Å². The van der Waals surface area contributed by atoms with Gasteiger partial charge in [0.1, 0.15) is 0 Å². The predicted molar refractivity (Wildman–Crippen MR) is 87.8 cm³/mol. The minimum absolute atomic E-state index is 0.154. The van der Waals surface area contributed by atoms with Crippen LogP contribution in [0.2, 0.25) is 5.02 Å². The number of methoxy groups -OCH3 is 1. The summed E-state index contributed by atoms with van der Waals surface area (Å²) in [4.78, 5) is 2.00. The third kappa shape index (κ3) is 3.52. The van der Waals surface area contributed by atoms with Crippen molar-refractivity contribution in [1.29, 1.82) is 0 Å². The fraction of sp³-hybridized carbons (Fsp3) is 0.250. The summed E-state index contributed by atoms with van der Waals surface area (Å²) in [7, 11) is 5.47. The van der Waals surface area contributed by atoms with Gasteiger partial charge in [0.05, 0.1) is 18.5 Å². The molecule has 2 rings (SSSR count). The van der Waals surface area contributed by atoms with E-state index in [1.54, 1.807) is 6.07 Å². The van der Waals surface area contributed by atoms with E-state index in [-0.39, 0.29) is 5.75 Å². The summed E-state index contributed by atoms with van der Waals surface area (Å²) < 4.78 is 5.11. The summed E-state index contributed by atoms with van der Waals surface area (Å²) in [5.41, 5.74) is 2.70. The normalized spacial score (nSPS) is 10.3. The summed E-state index contributed by atoms with van der Waals surface area (Å²) >= 11 is 6.05. The van der Waals surface area contributed by atoms with Crippen LogP contribution in [0, 0.1) is 0 Å². The van der Waals surface area contributed by atoms with Gasteiger partial charge in [-0.25, -0.2) is 0 Å². The zero-order valence-corrected chi connectivity index (χ0v) is 13.1. The molecule has 0 bridgehead atoms. The molecule has 5 heteroatoms. The lowest BCUT2D eigenvalue weighted by Gasteiger charge is -2.19. The number of hydrogen-bond donors (Lipinski definition) is 2. The zero-order chi connectivity index (χ0) is 15.4. The molecule has 0 aromatic heterocycles. The second-order valence-corrected chi connectivity index (χ2v) is 5.31. The molecule has 0 aliphatic rings. The minimum Gasteiger partial charge on any atom is -0.504 e. The van der Waals surface area contributed by atoms with Gasteiger partial charge < -0.3 is 20.1 Å². The zero-order valence-electron chi connectivity index (χ0n) is 12.4. The van der Waals surface area contributed by atoms with Gasteiger partial charge in [0, 0.05) is 31.2 Å². The van der Waals surface area contributed by atoms with E-state index in [1.807, 2.05) is 49.3 Å². The standard InChI is InChI=1S/C16H19ClN2O2/c1-19(2)14-8-7-12(17)9-13(14)18-10-11-5-4-6-15(21-3)16(11)20/h4-9,18,20H,10H2,1-3H3. The van der Waals surface area contributed by atoms with Gasteiger partial charge >= 0.3 is 0 Å². The predicted octanol–water partition coefficient (Wildman–Crippen LogP) is 3.73. The lowest BCUT2D eigenvalue weighted by molar-refractivity contribution is 0.371. The quantitative estimate of drug-likeness (QED) is 0.883. The Bertz CT molecular complexity index is 630. The van der Waals surface area contributed by atoms with Crippen LogP contribution in [0.4, 0.5) is 11.4 Å². The Morgan fingerprint density at radius 3 is 2.67 bits per heavy atom. The van der Waals surface area contributed by atoms with Gasteiger partial charge in [0.2, 0.25) is 0 Å². The SMILES string of the molecule is COc1cccc(CNc2cc(Cl)ccc2N(C)C)c1O. The van der Waals surface area contributed by atoms with Crippen molar-refractivity contribution in [3.63, 3.8) is 0 Å². The Labute approximate surface area is 129 Å². The maximum Gasteiger partial charge on any atom is 0.162 e. The van der Waals surface area contributed by atoms with Crippen molar-refractivity contribution in [3.8, 4) is 11.5 Å². The molecular weight excluding hydrogens is 288 g/mol. The number of para-hydroxylation sites is 1. The van der Waals surface area contributed by atoms with Crippen molar-refractivity contribution in [1.82, 2.24) is 0 Å². The first-order valence-electron chi connectivity index (χ1n) is 6.58. The molecule has 0 radical (unpaired) electrons. The molecule has 4 nitrogen and oxygen atoms in total. The molecule has 0 aliphatic heterocycles. The van der Waals surface area contributed by atoms with Crippen molar-refractivity contribution in [2.45, 2.75) is 6.54 Å². The number of hydrogen-bond acceptors (Lipinski definition) is 4. The van der Waals surface area contributed by atoms with E-state index in [0.29, 0.717) is 17.3 Å². The molecule has 2 aromatic rings. The van der Waals surface area contributed by atoms with Gasteiger partial charge in [-0.05, 0) is 24.3 Å². The highest BCUT2D eigenvalue weighted by molar-refractivity contribution is 6.31. The average molecular weight is 307 g/mol. The third-order valence-electron chi connectivity index (χ3n) is 3.21. The fourth-order valence-electron chi connectivity index (χ4n) is 2.11. The number of phenolic OH excluding ortho intramolecular Hbond substituents is 1. The van der Waals surface area contributed by atoms with Gasteiger partial charge in [-0.1, -0.05) is 23.7 Å². The summed E-state index contributed by atoms with van der Waals surface area (Å²) in [5, 5.41) is 14.1. The van der Waals surface area contributed by atoms with E-state index < -0.39 is 0 Å². The molecule has 0 heterocycles. The van der Waals surface area contributed by atoms with Crippen molar-refractivity contribution < 1.29 is 9.84 Å². The maximum absolute atomic E-state index is 10.1. The van der Waals surface area contributed by atoms with Crippen LogP contribution in [-0.2, 0) is 6.54 Å². The van der Waals surface area contributed by atoms with Crippen LogP contribution in [0.25, 0.3) is 0 Å². The Hall–Kier alpha value is -2.07. The smallest absolute Gasteiger partial charge is 0.162 e. The van der Waals surface area contributed by atoms with Crippen LogP contribution in [0.5, 0.6) is 11.5 Å². The first-order chi connectivity index (χ1) is 10.0. The number of anilines is 2. The molecule has 0 saturated heterocycles. The number of rotatable bonds is 5. The molecule has 0 spiro atoms. The molecular formula is C16H19ClN2O2. The van der Waals surface area contributed by atoms with E-state index in [9.17, 15) is 5.11 Å².